The Morgan fingerprint density at radius 2 is 1.91 bits per heavy atom. The van der Waals surface area contributed by atoms with E-state index in [0.29, 0.717) is 18.8 Å². The Labute approximate surface area is 203 Å². The van der Waals surface area contributed by atoms with Crippen molar-refractivity contribution in [3.8, 4) is 16.8 Å². The van der Waals surface area contributed by atoms with Gasteiger partial charge in [0.05, 0.1) is 42.7 Å². The van der Waals surface area contributed by atoms with Gasteiger partial charge in [-0.05, 0) is 55.3 Å². The first-order valence-electron chi connectivity index (χ1n) is 11.8. The molecular weight excluding hydrogens is 444 g/mol. The van der Waals surface area contributed by atoms with E-state index in [1.165, 1.54) is 0 Å². The summed E-state index contributed by atoms with van der Waals surface area (Å²) < 4.78 is 12.6. The van der Waals surface area contributed by atoms with Gasteiger partial charge in [-0.25, -0.2) is 14.5 Å². The molecule has 4 aromatic rings. The number of carbonyl (C=O) groups is 1. The summed E-state index contributed by atoms with van der Waals surface area (Å²) >= 11 is 0. The number of aromatic nitrogens is 3. The summed E-state index contributed by atoms with van der Waals surface area (Å²) in [5.41, 5.74) is 5.43. The third kappa shape index (κ3) is 4.50. The van der Waals surface area contributed by atoms with Gasteiger partial charge < -0.3 is 19.5 Å². The number of ether oxygens (including phenoxy) is 2. The maximum atomic E-state index is 12.7. The number of anilines is 1. The summed E-state index contributed by atoms with van der Waals surface area (Å²) in [6.07, 6.45) is -0.179. The molecule has 2 aromatic carbocycles. The Balaban J connectivity index is 1.61. The van der Waals surface area contributed by atoms with E-state index >= 15 is 0 Å². The highest BCUT2D eigenvalue weighted by molar-refractivity contribution is 6.00. The summed E-state index contributed by atoms with van der Waals surface area (Å²) in [7, 11) is 0. The zero-order valence-electron chi connectivity index (χ0n) is 19.8. The van der Waals surface area contributed by atoms with E-state index in [4.69, 9.17) is 14.6 Å². The van der Waals surface area contributed by atoms with E-state index in [0.717, 1.165) is 40.1 Å². The molecule has 3 heterocycles. The highest BCUT2D eigenvalue weighted by Gasteiger charge is 2.22. The molecule has 1 aliphatic rings. The fraction of sp³-hybridized carbons (Fsp3) is 0.296. The van der Waals surface area contributed by atoms with Crippen LogP contribution in [0.25, 0.3) is 27.8 Å². The van der Waals surface area contributed by atoms with Crippen LogP contribution in [0.2, 0.25) is 0 Å². The summed E-state index contributed by atoms with van der Waals surface area (Å²) in [5, 5.41) is 15.1. The molecule has 8 nitrogen and oxygen atoms in total. The van der Waals surface area contributed by atoms with Crippen molar-refractivity contribution in [1.82, 2.24) is 14.8 Å². The second kappa shape index (κ2) is 9.85. The SMILES string of the molecule is CCOC(=O)c1cc(-c2ccc(N3CCOC(CO)C3)cc2)c2c(C)nn(-c3ccccc3)c2n1. The monoisotopic (exact) mass is 472 g/mol. The number of morpholine rings is 1. The van der Waals surface area contributed by atoms with E-state index in [2.05, 4.69) is 22.0 Å². The zero-order valence-corrected chi connectivity index (χ0v) is 19.8. The molecule has 8 heteroatoms. The Kier molecular flexibility index (Phi) is 6.48. The zero-order chi connectivity index (χ0) is 24.4. The van der Waals surface area contributed by atoms with Gasteiger partial charge in [-0.3, -0.25) is 0 Å². The van der Waals surface area contributed by atoms with Gasteiger partial charge in [-0.1, -0.05) is 30.3 Å². The van der Waals surface area contributed by atoms with Crippen LogP contribution >= 0.6 is 0 Å². The van der Waals surface area contributed by atoms with Gasteiger partial charge in [0.2, 0.25) is 0 Å². The Morgan fingerprint density at radius 1 is 1.14 bits per heavy atom. The summed E-state index contributed by atoms with van der Waals surface area (Å²) in [6, 6.07) is 19.7. The number of aryl methyl sites for hydroxylation is 1. The fourth-order valence-corrected chi connectivity index (χ4v) is 4.49. The van der Waals surface area contributed by atoms with Gasteiger partial charge >= 0.3 is 5.97 Å². The van der Waals surface area contributed by atoms with Crippen LogP contribution in [-0.4, -0.2) is 64.9 Å². The van der Waals surface area contributed by atoms with Crippen LogP contribution in [0.1, 0.15) is 23.1 Å². The van der Waals surface area contributed by atoms with Gasteiger partial charge in [-0.2, -0.15) is 5.10 Å². The number of para-hydroxylation sites is 1. The number of pyridine rings is 1. The number of benzene rings is 2. The van der Waals surface area contributed by atoms with Gasteiger partial charge in [0.15, 0.2) is 11.3 Å². The lowest BCUT2D eigenvalue weighted by Gasteiger charge is -2.33. The van der Waals surface area contributed by atoms with Crippen LogP contribution in [0.3, 0.4) is 0 Å². The Bertz CT molecular complexity index is 1340. The minimum absolute atomic E-state index is 0.00486. The van der Waals surface area contributed by atoms with Crippen LogP contribution in [0, 0.1) is 6.92 Å². The summed E-state index contributed by atoms with van der Waals surface area (Å²) in [5.74, 6) is -0.464. The first kappa shape index (κ1) is 23.0. The minimum atomic E-state index is -0.464. The molecule has 2 aromatic heterocycles. The number of hydrogen-bond acceptors (Lipinski definition) is 7. The molecule has 1 aliphatic heterocycles. The van der Waals surface area contributed by atoms with E-state index < -0.39 is 5.97 Å². The summed E-state index contributed by atoms with van der Waals surface area (Å²) in [4.78, 5) is 19.6. The van der Waals surface area contributed by atoms with Crippen LogP contribution < -0.4 is 4.90 Å². The molecule has 1 N–H and O–H groups in total. The lowest BCUT2D eigenvalue weighted by Crippen LogP contribution is -2.44. The van der Waals surface area contributed by atoms with E-state index in [-0.39, 0.29) is 25.0 Å². The molecule has 0 amide bonds. The summed E-state index contributed by atoms with van der Waals surface area (Å²) in [6.45, 7) is 6.00. The normalized spacial score (nSPS) is 16.0. The minimum Gasteiger partial charge on any atom is -0.461 e. The van der Waals surface area contributed by atoms with Gasteiger partial charge in [0.1, 0.15) is 0 Å². The van der Waals surface area contributed by atoms with Crippen LogP contribution in [0.4, 0.5) is 5.69 Å². The van der Waals surface area contributed by atoms with E-state index in [1.54, 1.807) is 17.7 Å². The molecule has 0 aliphatic carbocycles. The van der Waals surface area contributed by atoms with Crippen molar-refractivity contribution in [2.24, 2.45) is 0 Å². The van der Waals surface area contributed by atoms with Gasteiger partial charge in [-0.15, -0.1) is 0 Å². The Morgan fingerprint density at radius 3 is 2.63 bits per heavy atom. The lowest BCUT2D eigenvalue weighted by atomic mass is 10.0. The van der Waals surface area contributed by atoms with Crippen molar-refractivity contribution >= 4 is 22.7 Å². The quantitative estimate of drug-likeness (QED) is 0.427. The average Bonchev–Trinajstić information content (AvgIpc) is 3.25. The number of aliphatic hydroxyl groups is 1. The Hall–Kier alpha value is -3.75. The maximum Gasteiger partial charge on any atom is 0.357 e. The molecular formula is C27H28N4O4. The standard InChI is InChI=1S/C27H28N4O4/c1-3-34-27(33)24-15-23(19-9-11-20(12-10-19)30-13-14-35-22(16-30)17-32)25-18(2)29-31(26(25)28-24)21-7-5-4-6-8-21/h4-12,15,22,32H,3,13-14,16-17H2,1-2H3. The number of esters is 1. The molecule has 5 rings (SSSR count). The van der Waals surface area contributed by atoms with E-state index in [1.807, 2.05) is 49.4 Å². The molecule has 1 atom stereocenters. The molecule has 0 bridgehead atoms. The number of carbonyl (C=O) groups excluding carboxylic acids is 1. The highest BCUT2D eigenvalue weighted by atomic mass is 16.5. The molecule has 0 spiro atoms. The van der Waals surface area contributed by atoms with Crippen molar-refractivity contribution in [2.75, 3.05) is 37.8 Å². The second-order valence-corrected chi connectivity index (χ2v) is 8.48. The second-order valence-electron chi connectivity index (χ2n) is 8.48. The largest absolute Gasteiger partial charge is 0.461 e. The molecule has 35 heavy (non-hydrogen) atoms. The van der Waals surface area contributed by atoms with Crippen LogP contribution in [0.5, 0.6) is 0 Å². The predicted octanol–water partition coefficient (Wildman–Crippen LogP) is 3.77. The predicted molar refractivity (Wildman–Crippen MR) is 134 cm³/mol. The van der Waals surface area contributed by atoms with Gasteiger partial charge in [0, 0.05) is 18.8 Å². The molecule has 0 saturated carbocycles. The van der Waals surface area contributed by atoms with Crippen molar-refractivity contribution in [1.29, 1.82) is 0 Å². The van der Waals surface area contributed by atoms with Crippen LogP contribution in [0.15, 0.2) is 60.7 Å². The van der Waals surface area contributed by atoms with Crippen molar-refractivity contribution in [2.45, 2.75) is 20.0 Å². The highest BCUT2D eigenvalue weighted by Crippen LogP contribution is 2.33. The average molecular weight is 473 g/mol. The van der Waals surface area contributed by atoms with Crippen LogP contribution in [-0.2, 0) is 9.47 Å². The topological polar surface area (TPSA) is 89.7 Å². The number of rotatable bonds is 6. The van der Waals surface area contributed by atoms with E-state index in [9.17, 15) is 9.90 Å². The first-order chi connectivity index (χ1) is 17.1. The fourth-order valence-electron chi connectivity index (χ4n) is 4.49. The van der Waals surface area contributed by atoms with Crippen molar-refractivity contribution in [3.63, 3.8) is 0 Å². The lowest BCUT2D eigenvalue weighted by molar-refractivity contribution is 0.00357. The number of fused-ring (bicyclic) bond motifs is 1. The maximum absolute atomic E-state index is 12.7. The number of nitrogens with zero attached hydrogens (tertiary/aromatic N) is 4. The molecule has 1 saturated heterocycles. The van der Waals surface area contributed by atoms with Crippen molar-refractivity contribution in [3.05, 3.63) is 72.1 Å². The van der Waals surface area contributed by atoms with Crippen molar-refractivity contribution < 1.29 is 19.4 Å². The molecule has 180 valence electrons. The number of aliphatic hydroxyl groups excluding tert-OH is 1. The molecule has 1 fully saturated rings. The molecule has 1 unspecified atom stereocenters. The first-order valence-corrected chi connectivity index (χ1v) is 11.8. The number of hydrogen-bond donors (Lipinski definition) is 1. The smallest absolute Gasteiger partial charge is 0.357 e. The molecule has 0 radical (unpaired) electrons. The van der Waals surface area contributed by atoms with Gasteiger partial charge in [0.25, 0.3) is 0 Å². The third-order valence-corrected chi connectivity index (χ3v) is 6.18. The third-order valence-electron chi connectivity index (χ3n) is 6.18.